The van der Waals surface area contributed by atoms with E-state index in [0.717, 1.165) is 31.3 Å². The molecule has 0 aromatic rings. The highest BCUT2D eigenvalue weighted by molar-refractivity contribution is 5.46. The van der Waals surface area contributed by atoms with Gasteiger partial charge >= 0.3 is 0 Å². The Bertz CT molecular complexity index is 613. The first-order valence-electron chi connectivity index (χ1n) is 9.20. The summed E-state index contributed by atoms with van der Waals surface area (Å²) in [6.07, 6.45) is 2.79. The number of aliphatic hydroxyl groups is 4. The van der Waals surface area contributed by atoms with E-state index in [1.165, 1.54) is 0 Å². The molecule has 1 unspecified atom stereocenters. The average molecular weight is 336 g/mol. The number of hydrogen-bond acceptors (Lipinski definition) is 4. The molecule has 2 bridgehead atoms. The number of allylic oxidation sites excluding steroid dienone is 2. The molecule has 4 nitrogen and oxygen atoms in total. The first-order chi connectivity index (χ1) is 10.9. The third kappa shape index (κ3) is 2.30. The van der Waals surface area contributed by atoms with E-state index in [4.69, 9.17) is 0 Å². The van der Waals surface area contributed by atoms with Crippen LogP contribution in [0.3, 0.4) is 0 Å². The Balaban J connectivity index is 2.27. The molecule has 3 aliphatic carbocycles. The molecule has 0 aromatic carbocycles. The van der Waals surface area contributed by atoms with E-state index in [1.54, 1.807) is 6.92 Å². The number of hydrogen-bond donors (Lipinski definition) is 4. The predicted octanol–water partition coefficient (Wildman–Crippen LogP) is 3.43. The van der Waals surface area contributed by atoms with Crippen molar-refractivity contribution < 1.29 is 20.4 Å². The van der Waals surface area contributed by atoms with E-state index in [0.29, 0.717) is 23.0 Å². The molecule has 1 fully saturated rings. The molecule has 3 aliphatic rings. The van der Waals surface area contributed by atoms with Crippen LogP contribution in [0.4, 0.5) is 0 Å². The smallest absolute Gasteiger partial charge is 0.213 e. The van der Waals surface area contributed by atoms with Crippen LogP contribution < -0.4 is 0 Å². The lowest BCUT2D eigenvalue weighted by molar-refractivity contribution is -0.212. The Morgan fingerprint density at radius 2 is 1.71 bits per heavy atom. The van der Waals surface area contributed by atoms with Crippen molar-refractivity contribution in [2.45, 2.75) is 78.6 Å². The van der Waals surface area contributed by atoms with Crippen LogP contribution in [-0.4, -0.2) is 32.3 Å². The SMILES string of the molecule is CC1=C2/C(O)=C3/CC[C@@H](C)[C@H](CC[C@]2(C)CC(O)C1(O)O)C3(C)C. The largest absolute Gasteiger partial charge is 0.508 e. The van der Waals surface area contributed by atoms with Crippen molar-refractivity contribution in [2.24, 2.45) is 22.7 Å². The Kier molecular flexibility index (Phi) is 3.99. The summed E-state index contributed by atoms with van der Waals surface area (Å²) in [4.78, 5) is 0. The monoisotopic (exact) mass is 336 g/mol. The molecule has 0 radical (unpaired) electrons. The number of fused-ring (bicyclic) bond motifs is 3. The normalized spacial score (nSPS) is 44.6. The average Bonchev–Trinajstić information content (AvgIpc) is 2.44. The lowest BCUT2D eigenvalue weighted by Crippen LogP contribution is -2.52. The highest BCUT2D eigenvalue weighted by Crippen LogP contribution is 2.58. The van der Waals surface area contributed by atoms with Gasteiger partial charge in [0.15, 0.2) is 0 Å². The summed E-state index contributed by atoms with van der Waals surface area (Å²) in [5.41, 5.74) is 1.45. The first kappa shape index (κ1) is 18.0. The number of aliphatic hydroxyl groups excluding tert-OH is 2. The fourth-order valence-electron chi connectivity index (χ4n) is 5.77. The van der Waals surface area contributed by atoms with Gasteiger partial charge in [-0.2, -0.15) is 0 Å². The fourth-order valence-corrected chi connectivity index (χ4v) is 5.77. The van der Waals surface area contributed by atoms with Gasteiger partial charge in [0.25, 0.3) is 0 Å². The van der Waals surface area contributed by atoms with Gasteiger partial charge in [-0.1, -0.05) is 27.7 Å². The molecule has 0 heterocycles. The Labute approximate surface area is 144 Å². The van der Waals surface area contributed by atoms with E-state index < -0.39 is 17.3 Å². The van der Waals surface area contributed by atoms with Gasteiger partial charge in [0.2, 0.25) is 5.79 Å². The zero-order valence-electron chi connectivity index (χ0n) is 15.6. The van der Waals surface area contributed by atoms with Gasteiger partial charge < -0.3 is 20.4 Å². The zero-order valence-corrected chi connectivity index (χ0v) is 15.6. The maximum atomic E-state index is 11.2. The van der Waals surface area contributed by atoms with E-state index in [9.17, 15) is 20.4 Å². The maximum Gasteiger partial charge on any atom is 0.213 e. The minimum Gasteiger partial charge on any atom is -0.508 e. The van der Waals surface area contributed by atoms with Crippen molar-refractivity contribution in [3.63, 3.8) is 0 Å². The third-order valence-electron chi connectivity index (χ3n) is 7.41. The van der Waals surface area contributed by atoms with Crippen molar-refractivity contribution >= 4 is 0 Å². The van der Waals surface area contributed by atoms with Crippen molar-refractivity contribution in [3.8, 4) is 0 Å². The van der Waals surface area contributed by atoms with Gasteiger partial charge in [-0.05, 0) is 72.8 Å². The molecule has 1 saturated carbocycles. The summed E-state index contributed by atoms with van der Waals surface area (Å²) < 4.78 is 0. The molecule has 136 valence electrons. The summed E-state index contributed by atoms with van der Waals surface area (Å²) in [7, 11) is 0. The minimum atomic E-state index is -2.27. The molecule has 0 saturated heterocycles. The van der Waals surface area contributed by atoms with E-state index in [2.05, 4.69) is 20.8 Å². The third-order valence-corrected chi connectivity index (χ3v) is 7.41. The Morgan fingerprint density at radius 3 is 2.33 bits per heavy atom. The van der Waals surface area contributed by atoms with Crippen molar-refractivity contribution in [2.75, 3.05) is 0 Å². The van der Waals surface area contributed by atoms with Gasteiger partial charge in [-0.25, -0.2) is 0 Å². The van der Waals surface area contributed by atoms with Gasteiger partial charge in [0, 0.05) is 5.57 Å². The summed E-state index contributed by atoms with van der Waals surface area (Å²) in [6.45, 7) is 10.4. The minimum absolute atomic E-state index is 0.0972. The summed E-state index contributed by atoms with van der Waals surface area (Å²) in [5.74, 6) is -0.922. The quantitative estimate of drug-likeness (QED) is 0.511. The fraction of sp³-hybridized carbons (Fsp3) is 0.800. The second kappa shape index (κ2) is 5.33. The summed E-state index contributed by atoms with van der Waals surface area (Å²) >= 11 is 0. The first-order valence-corrected chi connectivity index (χ1v) is 9.20. The Morgan fingerprint density at radius 1 is 1.08 bits per heavy atom. The van der Waals surface area contributed by atoms with Crippen LogP contribution in [-0.2, 0) is 0 Å². The zero-order chi connectivity index (χ0) is 18.1. The van der Waals surface area contributed by atoms with E-state index >= 15 is 0 Å². The van der Waals surface area contributed by atoms with Gasteiger partial charge in [-0.15, -0.1) is 0 Å². The van der Waals surface area contributed by atoms with Crippen LogP contribution >= 0.6 is 0 Å². The molecular weight excluding hydrogens is 304 g/mol. The molecule has 0 aliphatic heterocycles. The molecule has 0 amide bonds. The van der Waals surface area contributed by atoms with Crippen LogP contribution in [0.5, 0.6) is 0 Å². The van der Waals surface area contributed by atoms with Crippen LogP contribution in [0.2, 0.25) is 0 Å². The molecule has 4 heteroatoms. The van der Waals surface area contributed by atoms with Gasteiger partial charge in [0.05, 0.1) is 0 Å². The van der Waals surface area contributed by atoms with Crippen molar-refractivity contribution in [3.05, 3.63) is 22.5 Å². The van der Waals surface area contributed by atoms with Crippen molar-refractivity contribution in [1.29, 1.82) is 0 Å². The summed E-state index contributed by atoms with van der Waals surface area (Å²) in [5, 5.41) is 42.2. The molecule has 24 heavy (non-hydrogen) atoms. The second-order valence-corrected chi connectivity index (χ2v) is 9.22. The number of rotatable bonds is 0. The standard InChI is InChI=1S/C20H32O4/c1-11-6-7-14-17(22)16-12(2)20(23,24)15(21)10-19(16,5)9-8-13(11)18(14,3)4/h11,13,15,21-24H,6-10H2,1-5H3/b17-14+/t11-,13+,15?,19-/m1/s1. The Hall–Kier alpha value is -0.840. The van der Waals surface area contributed by atoms with Crippen molar-refractivity contribution in [1.82, 2.24) is 0 Å². The van der Waals surface area contributed by atoms with E-state index in [1.807, 2.05) is 6.92 Å². The van der Waals surface area contributed by atoms with E-state index in [-0.39, 0.29) is 17.6 Å². The van der Waals surface area contributed by atoms with Crippen LogP contribution in [0.25, 0.3) is 0 Å². The topological polar surface area (TPSA) is 80.9 Å². The van der Waals surface area contributed by atoms with Crippen LogP contribution in [0.15, 0.2) is 22.5 Å². The van der Waals surface area contributed by atoms with Gasteiger partial charge in [0.1, 0.15) is 11.9 Å². The molecular formula is C20H32O4. The van der Waals surface area contributed by atoms with Crippen LogP contribution in [0.1, 0.15) is 66.7 Å². The predicted molar refractivity (Wildman–Crippen MR) is 93.2 cm³/mol. The molecule has 4 N–H and O–H groups in total. The molecule has 0 aromatic heterocycles. The maximum absolute atomic E-state index is 11.2. The highest BCUT2D eigenvalue weighted by atomic mass is 16.5. The molecule has 0 spiro atoms. The van der Waals surface area contributed by atoms with Crippen LogP contribution in [0, 0.1) is 22.7 Å². The second-order valence-electron chi connectivity index (χ2n) is 9.22. The lowest BCUT2D eigenvalue weighted by atomic mass is 9.54. The summed E-state index contributed by atoms with van der Waals surface area (Å²) in [6, 6.07) is 0. The lowest BCUT2D eigenvalue weighted by Gasteiger charge is -2.52. The van der Waals surface area contributed by atoms with Gasteiger partial charge in [-0.3, -0.25) is 0 Å². The molecule has 4 atom stereocenters. The molecule has 3 rings (SSSR count). The highest BCUT2D eigenvalue weighted by Gasteiger charge is 2.53.